The van der Waals surface area contributed by atoms with Gasteiger partial charge in [-0.3, -0.25) is 9.48 Å². The van der Waals surface area contributed by atoms with Crippen LogP contribution in [0.4, 0.5) is 0 Å². The minimum atomic E-state index is 0.100. The summed E-state index contributed by atoms with van der Waals surface area (Å²) in [4.78, 5) is 12.4. The van der Waals surface area contributed by atoms with Gasteiger partial charge in [0, 0.05) is 23.8 Å². The number of thiol groups is 1. The maximum atomic E-state index is 11.6. The number of aryl methyl sites for hydroxylation is 1. The maximum absolute atomic E-state index is 11.6. The quantitative estimate of drug-likeness (QED) is 0.759. The molecule has 0 spiro atoms. The van der Waals surface area contributed by atoms with Gasteiger partial charge in [0.05, 0.1) is 6.20 Å². The molecule has 0 saturated carbocycles. The van der Waals surface area contributed by atoms with Crippen LogP contribution in [0.5, 0.6) is 5.75 Å². The summed E-state index contributed by atoms with van der Waals surface area (Å²) < 4.78 is 7.38. The molecule has 0 aliphatic rings. The van der Waals surface area contributed by atoms with Crippen molar-refractivity contribution < 1.29 is 9.53 Å². The molecule has 2 rings (SSSR count). The molecule has 22 heavy (non-hydrogen) atoms. The summed E-state index contributed by atoms with van der Waals surface area (Å²) >= 11 is 4.23. The lowest BCUT2D eigenvalue weighted by atomic mass is 10.1. The fourth-order valence-corrected chi connectivity index (χ4v) is 2.07. The number of ketones is 1. The zero-order valence-corrected chi connectivity index (χ0v) is 13.8. The Morgan fingerprint density at radius 1 is 1.32 bits per heavy atom. The topological polar surface area (TPSA) is 57.0 Å². The van der Waals surface area contributed by atoms with E-state index in [-0.39, 0.29) is 11.7 Å². The Labute approximate surface area is 136 Å². The zero-order valence-electron chi connectivity index (χ0n) is 12.9. The summed E-state index contributed by atoms with van der Waals surface area (Å²) in [6, 6.07) is 7.48. The molecule has 0 atom stereocenters. The van der Waals surface area contributed by atoms with E-state index in [1.807, 2.05) is 44.3 Å². The van der Waals surface area contributed by atoms with Crippen LogP contribution in [0, 0.1) is 5.92 Å². The summed E-state index contributed by atoms with van der Waals surface area (Å²) in [5.41, 5.74) is 0.769. The van der Waals surface area contributed by atoms with Crippen LogP contribution in [0.15, 0.2) is 35.4 Å². The van der Waals surface area contributed by atoms with E-state index in [1.54, 1.807) is 4.68 Å². The number of hydrogen-bond donors (Lipinski definition) is 1. The first-order valence-electron chi connectivity index (χ1n) is 7.38. The molecule has 0 radical (unpaired) electrons. The first-order chi connectivity index (χ1) is 10.5. The van der Waals surface area contributed by atoms with Crippen molar-refractivity contribution in [3.8, 4) is 5.75 Å². The van der Waals surface area contributed by atoms with Crippen LogP contribution in [0.2, 0.25) is 0 Å². The van der Waals surface area contributed by atoms with Gasteiger partial charge in [0.1, 0.15) is 23.8 Å². The number of aromatic nitrogens is 3. The lowest BCUT2D eigenvalue weighted by Gasteiger charge is -2.04. The van der Waals surface area contributed by atoms with Gasteiger partial charge in [0.2, 0.25) is 0 Å². The average Bonchev–Trinajstić information content (AvgIpc) is 2.94. The van der Waals surface area contributed by atoms with Crippen LogP contribution < -0.4 is 4.74 Å². The molecule has 5 nitrogen and oxygen atoms in total. The van der Waals surface area contributed by atoms with Gasteiger partial charge in [-0.25, -0.2) is 0 Å². The van der Waals surface area contributed by atoms with Gasteiger partial charge in [-0.2, -0.15) is 0 Å². The third-order valence-electron chi connectivity index (χ3n) is 3.26. The van der Waals surface area contributed by atoms with Crippen molar-refractivity contribution in [2.75, 3.05) is 0 Å². The van der Waals surface area contributed by atoms with E-state index in [2.05, 4.69) is 22.9 Å². The highest BCUT2D eigenvalue weighted by Crippen LogP contribution is 2.15. The number of carbonyl (C=O) groups is 1. The van der Waals surface area contributed by atoms with E-state index >= 15 is 0 Å². The molecule has 6 heteroatoms. The van der Waals surface area contributed by atoms with Crippen molar-refractivity contribution in [2.24, 2.45) is 5.92 Å². The maximum Gasteiger partial charge on any atom is 0.135 e. The fraction of sp³-hybridized carbons (Fsp3) is 0.438. The van der Waals surface area contributed by atoms with Crippen molar-refractivity contribution in [1.29, 1.82) is 0 Å². The molecule has 0 unspecified atom stereocenters. The van der Waals surface area contributed by atoms with Gasteiger partial charge in [0.25, 0.3) is 0 Å². The SMILES string of the molecule is CC(C)C(=O)CCCn1cc(COc2ccc(S)cc2)nn1. The van der Waals surface area contributed by atoms with E-state index in [9.17, 15) is 4.79 Å². The monoisotopic (exact) mass is 319 g/mol. The number of Topliss-reactive ketones (excluding diaryl/α,β-unsaturated/α-hetero) is 1. The normalized spacial score (nSPS) is 10.9. The van der Waals surface area contributed by atoms with Crippen LogP contribution >= 0.6 is 12.6 Å². The van der Waals surface area contributed by atoms with E-state index in [0.717, 1.165) is 22.8 Å². The highest BCUT2D eigenvalue weighted by molar-refractivity contribution is 7.80. The van der Waals surface area contributed by atoms with E-state index < -0.39 is 0 Å². The second-order valence-corrected chi connectivity index (χ2v) is 6.00. The molecule has 0 fully saturated rings. The minimum absolute atomic E-state index is 0.100. The van der Waals surface area contributed by atoms with E-state index in [4.69, 9.17) is 4.74 Å². The second-order valence-electron chi connectivity index (χ2n) is 5.48. The van der Waals surface area contributed by atoms with Crippen LogP contribution in [0.25, 0.3) is 0 Å². The summed E-state index contributed by atoms with van der Waals surface area (Å²) in [5, 5.41) is 8.12. The van der Waals surface area contributed by atoms with Crippen molar-refractivity contribution in [3.63, 3.8) is 0 Å². The Balaban J connectivity index is 1.76. The smallest absolute Gasteiger partial charge is 0.135 e. The van der Waals surface area contributed by atoms with Crippen molar-refractivity contribution in [1.82, 2.24) is 15.0 Å². The van der Waals surface area contributed by atoms with Gasteiger partial charge >= 0.3 is 0 Å². The zero-order chi connectivity index (χ0) is 15.9. The molecule has 1 aromatic carbocycles. The molecule has 0 amide bonds. The van der Waals surface area contributed by atoms with Crippen molar-refractivity contribution in [3.05, 3.63) is 36.2 Å². The standard InChI is InChI=1S/C16H21N3O2S/c1-12(2)16(20)4-3-9-19-10-13(17-18-19)11-21-14-5-7-15(22)8-6-14/h5-8,10,12,22H,3-4,9,11H2,1-2H3. The van der Waals surface area contributed by atoms with Crippen molar-refractivity contribution in [2.45, 2.75) is 44.7 Å². The number of ether oxygens (including phenoxy) is 1. The van der Waals surface area contributed by atoms with E-state index in [0.29, 0.717) is 19.6 Å². The summed E-state index contributed by atoms with van der Waals surface area (Å²) in [5.74, 6) is 1.16. The predicted octanol–water partition coefficient (Wildman–Crippen LogP) is 3.15. The van der Waals surface area contributed by atoms with Crippen molar-refractivity contribution >= 4 is 18.4 Å². The number of rotatable bonds is 8. The number of hydrogen-bond acceptors (Lipinski definition) is 5. The average molecular weight is 319 g/mol. The van der Waals surface area contributed by atoms with Gasteiger partial charge in [0.15, 0.2) is 0 Å². The highest BCUT2D eigenvalue weighted by atomic mass is 32.1. The fourth-order valence-electron chi connectivity index (χ4n) is 1.92. The van der Waals surface area contributed by atoms with Gasteiger partial charge in [-0.15, -0.1) is 17.7 Å². The van der Waals surface area contributed by atoms with Gasteiger partial charge < -0.3 is 4.74 Å². The van der Waals surface area contributed by atoms with Gasteiger partial charge in [-0.1, -0.05) is 19.1 Å². The lowest BCUT2D eigenvalue weighted by Crippen LogP contribution is -2.08. The lowest BCUT2D eigenvalue weighted by molar-refractivity contribution is -0.122. The molecule has 1 heterocycles. The summed E-state index contributed by atoms with van der Waals surface area (Å²) in [6.07, 6.45) is 3.22. The third-order valence-corrected chi connectivity index (χ3v) is 3.56. The molecular weight excluding hydrogens is 298 g/mol. The molecule has 0 saturated heterocycles. The Kier molecular flexibility index (Phi) is 6.00. The summed E-state index contributed by atoms with van der Waals surface area (Å²) in [7, 11) is 0. The number of carbonyl (C=O) groups excluding carboxylic acids is 1. The second kappa shape index (κ2) is 7.98. The van der Waals surface area contributed by atoms with Crippen LogP contribution in [0.1, 0.15) is 32.4 Å². The molecule has 0 N–H and O–H groups in total. The molecule has 2 aromatic rings. The minimum Gasteiger partial charge on any atom is -0.487 e. The highest BCUT2D eigenvalue weighted by Gasteiger charge is 2.07. The molecule has 0 aliphatic carbocycles. The van der Waals surface area contributed by atoms with Crippen LogP contribution in [0.3, 0.4) is 0 Å². The Morgan fingerprint density at radius 2 is 2.05 bits per heavy atom. The van der Waals surface area contributed by atoms with E-state index in [1.165, 1.54) is 0 Å². The molecule has 1 aromatic heterocycles. The summed E-state index contributed by atoms with van der Waals surface area (Å²) in [6.45, 7) is 4.91. The number of nitrogens with zero attached hydrogens (tertiary/aromatic N) is 3. The molecule has 0 aliphatic heterocycles. The Hall–Kier alpha value is -1.82. The predicted molar refractivity (Wildman–Crippen MR) is 87.1 cm³/mol. The van der Waals surface area contributed by atoms with Crippen LogP contribution in [-0.4, -0.2) is 20.8 Å². The number of benzene rings is 1. The largest absolute Gasteiger partial charge is 0.487 e. The van der Waals surface area contributed by atoms with Crippen LogP contribution in [-0.2, 0) is 17.9 Å². The molecule has 118 valence electrons. The Morgan fingerprint density at radius 3 is 2.73 bits per heavy atom. The first-order valence-corrected chi connectivity index (χ1v) is 7.83. The molecular formula is C16H21N3O2S. The molecule has 0 bridgehead atoms. The Bertz CT molecular complexity index is 608. The van der Waals surface area contributed by atoms with Gasteiger partial charge in [-0.05, 0) is 30.7 Å². The third kappa shape index (κ3) is 5.18. The first kappa shape index (κ1) is 16.5.